The molecular formula is C46H44ClN5O8S. The number of ether oxygens (including phenoxy) is 3. The van der Waals surface area contributed by atoms with E-state index in [1.807, 2.05) is 55.5 Å². The molecule has 3 aromatic carbocycles. The Morgan fingerprint density at radius 2 is 1.57 bits per heavy atom. The van der Waals surface area contributed by atoms with E-state index in [4.69, 9.17) is 30.9 Å². The van der Waals surface area contributed by atoms with E-state index in [0.717, 1.165) is 44.9 Å². The molecule has 61 heavy (non-hydrogen) atoms. The van der Waals surface area contributed by atoms with E-state index in [1.165, 1.54) is 36.2 Å². The number of aromatic nitrogens is 2. The average molecular weight is 862 g/mol. The number of methoxy groups -OCH3 is 2. The smallest absolute Gasteiger partial charge is 0.242 e. The Bertz CT molecular complexity index is 2700. The second-order valence-electron chi connectivity index (χ2n) is 16.8. The fraction of sp³-hybridized carbons (Fsp3) is 0.370. The molecule has 5 heterocycles. The molecule has 0 spiro atoms. The van der Waals surface area contributed by atoms with Gasteiger partial charge in [0.1, 0.15) is 28.8 Å². The summed E-state index contributed by atoms with van der Waals surface area (Å²) in [6, 6.07) is 17.9. The number of hydrogen-bond donors (Lipinski definition) is 1. The SMILES string of the molecule is COc1cc(O)cc(OC)c1[C@H]1C2=CC[C@@H]3C(=O)N(c4ccc(N5CCOCC5)cc4)C(=O)[C@@H]3[C@@H]2C[C@H]2C(=O)N(c3cc(-c4sc5ccc(Cl)cc5c4C)nn3C)C(=O)[C@@]12C. The summed E-state index contributed by atoms with van der Waals surface area (Å²) in [5, 5.41) is 17.2. The summed E-state index contributed by atoms with van der Waals surface area (Å²) in [6.45, 7) is 6.57. The summed E-state index contributed by atoms with van der Waals surface area (Å²) in [5.41, 5.74) is 2.91. The first kappa shape index (κ1) is 39.4. The van der Waals surface area contributed by atoms with Crippen LogP contribution in [0.3, 0.4) is 0 Å². The second kappa shape index (κ2) is 14.5. The van der Waals surface area contributed by atoms with Gasteiger partial charge in [-0.2, -0.15) is 5.10 Å². The van der Waals surface area contributed by atoms with Gasteiger partial charge >= 0.3 is 0 Å². The Labute approximate surface area is 361 Å². The number of benzene rings is 3. The minimum atomic E-state index is -1.40. The molecule has 314 valence electrons. The van der Waals surface area contributed by atoms with Gasteiger partial charge in [0.05, 0.1) is 61.2 Å². The van der Waals surface area contributed by atoms with Crippen LogP contribution in [0.4, 0.5) is 17.2 Å². The molecule has 0 radical (unpaired) electrons. The first-order valence-electron chi connectivity index (χ1n) is 20.4. The van der Waals surface area contributed by atoms with Gasteiger partial charge in [-0.25, -0.2) is 4.90 Å². The number of aromatic hydroxyl groups is 1. The maximum atomic E-state index is 15.4. The van der Waals surface area contributed by atoms with Crippen molar-refractivity contribution in [3.63, 3.8) is 0 Å². The van der Waals surface area contributed by atoms with Crippen molar-refractivity contribution in [3.8, 4) is 27.8 Å². The number of morpholine rings is 1. The van der Waals surface area contributed by atoms with E-state index >= 15 is 9.59 Å². The third-order valence-electron chi connectivity index (χ3n) is 13.8. The first-order chi connectivity index (χ1) is 29.3. The van der Waals surface area contributed by atoms with Crippen LogP contribution in [0.25, 0.3) is 20.7 Å². The van der Waals surface area contributed by atoms with Crippen molar-refractivity contribution < 1.29 is 38.5 Å². The fourth-order valence-electron chi connectivity index (χ4n) is 10.9. The monoisotopic (exact) mass is 861 g/mol. The largest absolute Gasteiger partial charge is 0.508 e. The van der Waals surface area contributed by atoms with Crippen molar-refractivity contribution in [2.24, 2.45) is 36.1 Å². The summed E-state index contributed by atoms with van der Waals surface area (Å²) >= 11 is 7.91. The second-order valence-corrected chi connectivity index (χ2v) is 18.2. The number of hydrogen-bond acceptors (Lipinski definition) is 11. The highest BCUT2D eigenvalue weighted by molar-refractivity contribution is 7.22. The number of phenolic OH excluding ortho intramolecular Hbond substituents is 1. The van der Waals surface area contributed by atoms with Crippen LogP contribution in [0.5, 0.6) is 17.2 Å². The van der Waals surface area contributed by atoms with Gasteiger partial charge in [0.15, 0.2) is 0 Å². The molecule has 1 N–H and O–H groups in total. The van der Waals surface area contributed by atoms with Gasteiger partial charge in [0.2, 0.25) is 23.6 Å². The Balaban J connectivity index is 1.07. The van der Waals surface area contributed by atoms with Gasteiger partial charge in [-0.15, -0.1) is 11.3 Å². The topological polar surface area (TPSA) is 144 Å². The van der Waals surface area contributed by atoms with Crippen LogP contribution in [0.15, 0.2) is 72.3 Å². The molecule has 5 aliphatic rings. The zero-order valence-electron chi connectivity index (χ0n) is 34.3. The van der Waals surface area contributed by atoms with E-state index in [0.29, 0.717) is 41.0 Å². The van der Waals surface area contributed by atoms with E-state index in [9.17, 15) is 14.7 Å². The lowest BCUT2D eigenvalue weighted by atomic mass is 9.51. The third-order valence-corrected chi connectivity index (χ3v) is 15.3. The van der Waals surface area contributed by atoms with Gasteiger partial charge in [-0.1, -0.05) is 23.3 Å². The third kappa shape index (κ3) is 5.78. The van der Waals surface area contributed by atoms with Crippen LogP contribution in [0.2, 0.25) is 5.02 Å². The fourth-order valence-corrected chi connectivity index (χ4v) is 12.2. The van der Waals surface area contributed by atoms with E-state index in [2.05, 4.69) is 4.90 Å². The lowest BCUT2D eigenvalue weighted by molar-refractivity contribution is -0.131. The molecule has 4 fully saturated rings. The molecule has 13 nitrogen and oxygen atoms in total. The molecule has 2 aliphatic carbocycles. The minimum Gasteiger partial charge on any atom is -0.508 e. The zero-order valence-corrected chi connectivity index (χ0v) is 35.9. The highest BCUT2D eigenvalue weighted by Gasteiger charge is 2.68. The normalized spacial score (nSPS) is 26.2. The lowest BCUT2D eigenvalue weighted by Crippen LogP contribution is -2.49. The van der Waals surface area contributed by atoms with E-state index in [-0.39, 0.29) is 41.9 Å². The maximum Gasteiger partial charge on any atom is 0.242 e. The molecule has 1 saturated carbocycles. The molecular weight excluding hydrogens is 818 g/mol. The quantitative estimate of drug-likeness (QED) is 0.131. The molecule has 2 aromatic heterocycles. The number of carbonyl (C=O) groups excluding carboxylic acids is 4. The van der Waals surface area contributed by atoms with Crippen molar-refractivity contribution in [2.75, 3.05) is 55.2 Å². The molecule has 0 bridgehead atoms. The van der Waals surface area contributed by atoms with Gasteiger partial charge in [0, 0.05) is 65.2 Å². The number of halogens is 1. The summed E-state index contributed by atoms with van der Waals surface area (Å²) in [6.07, 6.45) is 2.41. The number of thiophene rings is 1. The van der Waals surface area contributed by atoms with E-state index < -0.39 is 46.8 Å². The molecule has 15 heteroatoms. The molecule has 3 aliphatic heterocycles. The van der Waals surface area contributed by atoms with Crippen molar-refractivity contribution in [3.05, 3.63) is 88.5 Å². The van der Waals surface area contributed by atoms with Crippen LogP contribution in [-0.4, -0.2) is 79.0 Å². The summed E-state index contributed by atoms with van der Waals surface area (Å²) < 4.78 is 19.9. The standard InChI is InChI=1S/C46H44ClN5O8S/c1-23-30-18-24(47)6-13-36(30)61-41(23)33-22-37(49(3)48-33)52-43(55)32-21-31-28(40(46(32,2)45(52)57)39-34(58-4)19-27(53)20-35(39)59-5)11-12-29-38(31)44(56)51(42(29)54)26-9-7-25(8-10-26)50-14-16-60-17-15-50/h6-11,13,18-20,22,29,31-32,38,40,53H,12,14-17,21H2,1-5H3/t29-,31+,32-,38-,40+,46+/m0/s1. The number of fused-ring (bicyclic) bond motifs is 5. The Kier molecular flexibility index (Phi) is 9.35. The molecule has 4 amide bonds. The van der Waals surface area contributed by atoms with E-state index in [1.54, 1.807) is 36.1 Å². The lowest BCUT2D eigenvalue weighted by Gasteiger charge is -2.49. The predicted octanol–water partition coefficient (Wildman–Crippen LogP) is 7.26. The van der Waals surface area contributed by atoms with Crippen molar-refractivity contribution >= 4 is 73.8 Å². The van der Waals surface area contributed by atoms with Crippen LogP contribution < -0.4 is 24.2 Å². The maximum absolute atomic E-state index is 15.4. The highest BCUT2D eigenvalue weighted by Crippen LogP contribution is 2.66. The van der Waals surface area contributed by atoms with Crippen LogP contribution in [0.1, 0.15) is 36.8 Å². The summed E-state index contributed by atoms with van der Waals surface area (Å²) in [5.74, 6) is -4.49. The number of imide groups is 2. The van der Waals surface area contributed by atoms with Crippen molar-refractivity contribution in [1.29, 1.82) is 0 Å². The van der Waals surface area contributed by atoms with Gasteiger partial charge in [-0.05, 0) is 86.0 Å². The average Bonchev–Trinajstić information content (AvgIpc) is 3.94. The number of carbonyl (C=O) groups is 4. The molecule has 3 saturated heterocycles. The minimum absolute atomic E-state index is 0.104. The highest BCUT2D eigenvalue weighted by atomic mass is 35.5. The van der Waals surface area contributed by atoms with Crippen LogP contribution in [-0.2, 0) is 31.0 Å². The number of anilines is 3. The number of aryl methyl sites for hydroxylation is 2. The molecule has 10 rings (SSSR count). The number of amides is 4. The number of nitrogens with zero attached hydrogens (tertiary/aromatic N) is 5. The first-order valence-corrected chi connectivity index (χ1v) is 21.6. The van der Waals surface area contributed by atoms with Crippen LogP contribution in [0, 0.1) is 36.0 Å². The van der Waals surface area contributed by atoms with Gasteiger partial charge in [0.25, 0.3) is 0 Å². The van der Waals surface area contributed by atoms with Crippen LogP contribution >= 0.6 is 22.9 Å². The van der Waals surface area contributed by atoms with Gasteiger partial charge < -0.3 is 24.2 Å². The Morgan fingerprint density at radius 3 is 2.26 bits per heavy atom. The zero-order chi connectivity index (χ0) is 42.6. The van der Waals surface area contributed by atoms with Gasteiger partial charge in [-0.3, -0.25) is 28.8 Å². The van der Waals surface area contributed by atoms with Crippen molar-refractivity contribution in [2.45, 2.75) is 32.6 Å². The van der Waals surface area contributed by atoms with Crippen molar-refractivity contribution in [1.82, 2.24) is 9.78 Å². The predicted molar refractivity (Wildman–Crippen MR) is 232 cm³/mol. The number of allylic oxidation sites excluding steroid dienone is 2. The number of phenols is 1. The summed E-state index contributed by atoms with van der Waals surface area (Å²) in [7, 11) is 4.66. The molecule has 5 aromatic rings. The molecule has 0 unspecified atom stereocenters. The Hall–Kier alpha value is -5.70. The number of rotatable bonds is 7. The Morgan fingerprint density at radius 1 is 0.885 bits per heavy atom. The molecule has 6 atom stereocenters. The summed E-state index contributed by atoms with van der Waals surface area (Å²) in [4.78, 5) is 65.4.